The summed E-state index contributed by atoms with van der Waals surface area (Å²) in [5, 5.41) is 12.6. The van der Waals surface area contributed by atoms with Crippen LogP contribution in [0.5, 0.6) is 6.01 Å². The Morgan fingerprint density at radius 2 is 1.70 bits per heavy atom. The molecule has 10 nitrogen and oxygen atoms in total. The van der Waals surface area contributed by atoms with E-state index in [1.54, 1.807) is 34.2 Å². The van der Waals surface area contributed by atoms with E-state index >= 15 is 0 Å². The molecule has 0 unspecified atom stereocenters. The van der Waals surface area contributed by atoms with Gasteiger partial charge in [0.2, 0.25) is 0 Å². The predicted octanol–water partition coefficient (Wildman–Crippen LogP) is 0.180. The molecule has 1 saturated heterocycles. The molecule has 1 aliphatic rings. The van der Waals surface area contributed by atoms with Crippen molar-refractivity contribution in [3.05, 3.63) is 49.1 Å². The van der Waals surface area contributed by atoms with Gasteiger partial charge in [-0.3, -0.25) is 4.79 Å². The lowest BCUT2D eigenvalue weighted by Crippen LogP contribution is -2.50. The van der Waals surface area contributed by atoms with Gasteiger partial charge in [-0.1, -0.05) is 0 Å². The molecule has 0 atom stereocenters. The summed E-state index contributed by atoms with van der Waals surface area (Å²) in [5.41, 5.74) is 0. The molecular weight excluding hydrogens is 348 g/mol. The third-order valence-corrected chi connectivity index (χ3v) is 4.20. The van der Waals surface area contributed by atoms with Gasteiger partial charge in [-0.2, -0.15) is 5.10 Å². The maximum Gasteiger partial charge on any atom is 0.316 e. The van der Waals surface area contributed by atoms with Gasteiger partial charge in [0.25, 0.3) is 5.91 Å². The van der Waals surface area contributed by atoms with E-state index in [-0.39, 0.29) is 18.5 Å². The standard InChI is InChI=1S/C17H18N8O2/c26-16(13-27-17-18-5-1-6-19-17)24-11-9-23(10-12-24)14-3-4-15(22-21-14)25-8-2-7-20-25/h1-8H,9-13H2. The van der Waals surface area contributed by atoms with Crippen molar-refractivity contribution in [3.63, 3.8) is 0 Å². The molecule has 3 aromatic heterocycles. The molecule has 1 fully saturated rings. The number of anilines is 1. The summed E-state index contributed by atoms with van der Waals surface area (Å²) >= 11 is 0. The fraction of sp³-hybridized carbons (Fsp3) is 0.294. The Hall–Kier alpha value is -3.56. The zero-order valence-electron chi connectivity index (χ0n) is 14.5. The lowest BCUT2D eigenvalue weighted by molar-refractivity contribution is -0.133. The van der Waals surface area contributed by atoms with E-state index in [2.05, 4.69) is 30.2 Å². The Balaban J connectivity index is 1.29. The highest BCUT2D eigenvalue weighted by Gasteiger charge is 2.22. The number of hydrogen-bond donors (Lipinski definition) is 0. The number of ether oxygens (including phenoxy) is 1. The molecule has 0 N–H and O–H groups in total. The van der Waals surface area contributed by atoms with Crippen molar-refractivity contribution in [2.75, 3.05) is 37.7 Å². The average molecular weight is 366 g/mol. The van der Waals surface area contributed by atoms with Gasteiger partial charge in [0.05, 0.1) is 0 Å². The first-order valence-electron chi connectivity index (χ1n) is 8.56. The highest BCUT2D eigenvalue weighted by Crippen LogP contribution is 2.14. The van der Waals surface area contributed by atoms with Crippen molar-refractivity contribution in [3.8, 4) is 11.8 Å². The van der Waals surface area contributed by atoms with Crippen molar-refractivity contribution in [2.45, 2.75) is 0 Å². The number of carbonyl (C=O) groups excluding carboxylic acids is 1. The quantitative estimate of drug-likeness (QED) is 0.630. The number of amides is 1. The highest BCUT2D eigenvalue weighted by molar-refractivity contribution is 5.78. The van der Waals surface area contributed by atoms with Crippen LogP contribution in [0.2, 0.25) is 0 Å². The largest absolute Gasteiger partial charge is 0.453 e. The van der Waals surface area contributed by atoms with Crippen LogP contribution in [0, 0.1) is 0 Å². The molecule has 0 radical (unpaired) electrons. The van der Waals surface area contributed by atoms with E-state index in [4.69, 9.17) is 4.74 Å². The lowest BCUT2D eigenvalue weighted by Gasteiger charge is -2.35. The van der Waals surface area contributed by atoms with Crippen LogP contribution in [0.25, 0.3) is 5.82 Å². The Labute approximate surface area is 155 Å². The van der Waals surface area contributed by atoms with E-state index in [0.717, 1.165) is 5.82 Å². The zero-order valence-corrected chi connectivity index (χ0v) is 14.5. The summed E-state index contributed by atoms with van der Waals surface area (Å²) in [6.07, 6.45) is 6.66. The summed E-state index contributed by atoms with van der Waals surface area (Å²) < 4.78 is 6.98. The summed E-state index contributed by atoms with van der Waals surface area (Å²) in [7, 11) is 0. The minimum Gasteiger partial charge on any atom is -0.453 e. The van der Waals surface area contributed by atoms with Crippen LogP contribution in [0.3, 0.4) is 0 Å². The van der Waals surface area contributed by atoms with Crippen molar-refractivity contribution >= 4 is 11.7 Å². The molecule has 1 aliphatic heterocycles. The Kier molecular flexibility index (Phi) is 4.86. The zero-order chi connectivity index (χ0) is 18.5. The smallest absolute Gasteiger partial charge is 0.316 e. The number of piperazine rings is 1. The molecule has 4 heterocycles. The predicted molar refractivity (Wildman–Crippen MR) is 95.5 cm³/mol. The van der Waals surface area contributed by atoms with Crippen molar-refractivity contribution in [1.29, 1.82) is 0 Å². The lowest BCUT2D eigenvalue weighted by atomic mass is 10.3. The number of rotatable bonds is 5. The second kappa shape index (κ2) is 7.77. The minimum atomic E-state index is -0.0813. The van der Waals surface area contributed by atoms with Crippen molar-refractivity contribution in [2.24, 2.45) is 0 Å². The molecular formula is C17H18N8O2. The molecule has 3 aromatic rings. The van der Waals surface area contributed by atoms with E-state index in [0.29, 0.717) is 32.0 Å². The highest BCUT2D eigenvalue weighted by atomic mass is 16.5. The number of carbonyl (C=O) groups is 1. The average Bonchev–Trinajstić information content (AvgIpc) is 3.28. The van der Waals surface area contributed by atoms with Gasteiger partial charge in [-0.15, -0.1) is 10.2 Å². The first-order chi connectivity index (χ1) is 13.3. The maximum absolute atomic E-state index is 12.3. The first-order valence-corrected chi connectivity index (χ1v) is 8.56. The van der Waals surface area contributed by atoms with Gasteiger partial charge in [0.1, 0.15) is 0 Å². The van der Waals surface area contributed by atoms with Crippen LogP contribution >= 0.6 is 0 Å². The number of hydrogen-bond acceptors (Lipinski definition) is 8. The molecule has 27 heavy (non-hydrogen) atoms. The van der Waals surface area contributed by atoms with Crippen LogP contribution in [-0.2, 0) is 4.79 Å². The maximum atomic E-state index is 12.3. The van der Waals surface area contributed by atoms with Crippen LogP contribution in [0.4, 0.5) is 5.82 Å². The molecule has 0 bridgehead atoms. The number of aromatic nitrogens is 6. The summed E-state index contributed by atoms with van der Waals surface area (Å²) in [5.74, 6) is 1.37. The molecule has 10 heteroatoms. The first kappa shape index (κ1) is 16.9. The van der Waals surface area contributed by atoms with Crippen LogP contribution in [-0.4, -0.2) is 73.5 Å². The molecule has 138 valence electrons. The second-order valence-electron chi connectivity index (χ2n) is 5.89. The fourth-order valence-electron chi connectivity index (χ4n) is 2.78. The summed E-state index contributed by atoms with van der Waals surface area (Å²) in [6, 6.07) is 7.52. The normalized spacial score (nSPS) is 14.2. The van der Waals surface area contributed by atoms with Gasteiger partial charge in [-0.25, -0.2) is 14.6 Å². The van der Waals surface area contributed by atoms with Gasteiger partial charge >= 0.3 is 6.01 Å². The van der Waals surface area contributed by atoms with Gasteiger partial charge < -0.3 is 14.5 Å². The van der Waals surface area contributed by atoms with Crippen LogP contribution in [0.1, 0.15) is 0 Å². The summed E-state index contributed by atoms with van der Waals surface area (Å²) in [4.78, 5) is 24.0. The van der Waals surface area contributed by atoms with Gasteiger partial charge in [0.15, 0.2) is 18.2 Å². The van der Waals surface area contributed by atoms with Gasteiger partial charge in [-0.05, 0) is 24.3 Å². The molecule has 1 amide bonds. The van der Waals surface area contributed by atoms with Crippen LogP contribution < -0.4 is 9.64 Å². The van der Waals surface area contributed by atoms with Crippen molar-refractivity contribution in [1.82, 2.24) is 34.8 Å². The molecule has 4 rings (SSSR count). The van der Waals surface area contributed by atoms with Crippen molar-refractivity contribution < 1.29 is 9.53 Å². The molecule has 0 aromatic carbocycles. The Bertz CT molecular complexity index is 862. The van der Waals surface area contributed by atoms with E-state index in [1.165, 1.54) is 0 Å². The van der Waals surface area contributed by atoms with Gasteiger partial charge in [0, 0.05) is 51.0 Å². The third-order valence-electron chi connectivity index (χ3n) is 4.20. The monoisotopic (exact) mass is 366 g/mol. The van der Waals surface area contributed by atoms with E-state index in [1.807, 2.05) is 24.4 Å². The third kappa shape index (κ3) is 4.00. The van der Waals surface area contributed by atoms with E-state index < -0.39 is 0 Å². The minimum absolute atomic E-state index is 0.0671. The Morgan fingerprint density at radius 1 is 0.963 bits per heavy atom. The topological polar surface area (TPSA) is 102 Å². The second-order valence-corrected chi connectivity index (χ2v) is 5.89. The van der Waals surface area contributed by atoms with E-state index in [9.17, 15) is 4.79 Å². The summed E-state index contributed by atoms with van der Waals surface area (Å²) in [6.45, 7) is 2.50. The molecule has 0 saturated carbocycles. The van der Waals surface area contributed by atoms with Crippen LogP contribution in [0.15, 0.2) is 49.1 Å². The fourth-order valence-corrected chi connectivity index (χ4v) is 2.78. The molecule has 0 aliphatic carbocycles. The number of nitrogens with zero attached hydrogens (tertiary/aromatic N) is 8. The SMILES string of the molecule is O=C(COc1ncccn1)N1CCN(c2ccc(-n3cccn3)nn2)CC1. The Morgan fingerprint density at radius 3 is 2.37 bits per heavy atom. The molecule has 0 spiro atoms.